The third kappa shape index (κ3) is 1.78. The van der Waals surface area contributed by atoms with E-state index >= 15 is 0 Å². The molecule has 13 heavy (non-hydrogen) atoms. The average Bonchev–Trinajstić information content (AvgIpc) is 2.49. The van der Waals surface area contributed by atoms with Crippen LogP contribution >= 0.6 is 0 Å². The Kier molecular flexibility index (Phi) is 2.24. The van der Waals surface area contributed by atoms with E-state index in [0.717, 1.165) is 6.20 Å². The van der Waals surface area contributed by atoms with Crippen molar-refractivity contribution in [3.63, 3.8) is 0 Å². The van der Waals surface area contributed by atoms with E-state index in [9.17, 15) is 18.0 Å². The number of halogens is 3. The normalized spacial score (nSPS) is 11.4. The van der Waals surface area contributed by atoms with Crippen LogP contribution in [0.15, 0.2) is 6.20 Å². The zero-order valence-corrected chi connectivity index (χ0v) is 6.14. The number of amides is 1. The number of nitrogens with one attached hydrogen (secondary N) is 2. The van der Waals surface area contributed by atoms with Gasteiger partial charge in [-0.15, -0.1) is 0 Å². The lowest BCUT2D eigenvalue weighted by Crippen LogP contribution is -2.31. The van der Waals surface area contributed by atoms with E-state index in [1.807, 2.05) is 0 Å². The van der Waals surface area contributed by atoms with Crippen molar-refractivity contribution in [3.8, 4) is 0 Å². The topological polar surface area (TPSA) is 83.8 Å². The van der Waals surface area contributed by atoms with E-state index in [2.05, 4.69) is 10.9 Å². The summed E-state index contributed by atoms with van der Waals surface area (Å²) in [6.45, 7) is 0. The first kappa shape index (κ1) is 9.52. The highest BCUT2D eigenvalue weighted by Gasteiger charge is 2.37. The van der Waals surface area contributed by atoms with E-state index in [4.69, 9.17) is 0 Å². The molecule has 0 bridgehead atoms. The molecule has 0 radical (unpaired) electrons. The fourth-order valence-electron chi connectivity index (χ4n) is 0.752. The molecule has 0 saturated carbocycles. The number of aromatic nitrogens is 2. The van der Waals surface area contributed by atoms with E-state index in [-0.39, 0.29) is 0 Å². The second-order valence-electron chi connectivity index (χ2n) is 2.13. The Morgan fingerprint density at radius 2 is 2.23 bits per heavy atom. The minimum atomic E-state index is -4.64. The molecule has 0 spiro atoms. The molecule has 0 saturated heterocycles. The highest BCUT2D eigenvalue weighted by Crippen LogP contribution is 2.29. The Labute approximate surface area is 70.1 Å². The molecule has 1 aromatic heterocycles. The van der Waals surface area contributed by atoms with Crippen LogP contribution in [-0.2, 0) is 6.18 Å². The third-order valence-corrected chi connectivity index (χ3v) is 1.30. The highest BCUT2D eigenvalue weighted by atomic mass is 19.4. The summed E-state index contributed by atoms with van der Waals surface area (Å²) in [6, 6.07) is 0. The average molecular weight is 194 g/mol. The maximum absolute atomic E-state index is 12.1. The van der Waals surface area contributed by atoms with Gasteiger partial charge in [-0.25, -0.2) is 5.84 Å². The summed E-state index contributed by atoms with van der Waals surface area (Å²) in [4.78, 5) is 10.7. The number of H-pyrrole nitrogens is 1. The first-order valence-corrected chi connectivity index (χ1v) is 3.08. The summed E-state index contributed by atoms with van der Waals surface area (Å²) in [5.41, 5.74) is -0.261. The standard InChI is InChI=1S/C5H5F3N4O/c6-5(7,8)3-2(1-10-12-3)4(13)11-9/h1H,9H2,(H,10,12)(H,11,13). The van der Waals surface area contributed by atoms with Gasteiger partial charge in [-0.1, -0.05) is 0 Å². The fourth-order valence-corrected chi connectivity index (χ4v) is 0.752. The number of rotatable bonds is 1. The summed E-state index contributed by atoms with van der Waals surface area (Å²) in [5.74, 6) is 3.63. The van der Waals surface area contributed by atoms with Gasteiger partial charge in [0.1, 0.15) is 0 Å². The lowest BCUT2D eigenvalue weighted by atomic mass is 10.2. The third-order valence-electron chi connectivity index (χ3n) is 1.30. The maximum Gasteiger partial charge on any atom is 0.433 e. The molecule has 1 amide bonds. The van der Waals surface area contributed by atoms with E-state index in [1.165, 1.54) is 0 Å². The number of nitrogens with two attached hydrogens (primary N) is 1. The van der Waals surface area contributed by atoms with Crippen LogP contribution in [0.25, 0.3) is 0 Å². The Hall–Kier alpha value is -1.57. The number of alkyl halides is 3. The molecule has 0 aliphatic carbocycles. The number of carbonyl (C=O) groups is 1. The van der Waals surface area contributed by atoms with E-state index in [1.54, 1.807) is 10.5 Å². The Bertz CT molecular complexity index is 318. The second-order valence-corrected chi connectivity index (χ2v) is 2.13. The van der Waals surface area contributed by atoms with E-state index < -0.39 is 23.3 Å². The van der Waals surface area contributed by atoms with Crippen LogP contribution in [0.1, 0.15) is 16.1 Å². The van der Waals surface area contributed by atoms with Crippen LogP contribution in [0.5, 0.6) is 0 Å². The monoisotopic (exact) mass is 194 g/mol. The van der Waals surface area contributed by atoms with Crippen molar-refractivity contribution in [2.24, 2.45) is 5.84 Å². The Morgan fingerprint density at radius 1 is 1.62 bits per heavy atom. The molecular weight excluding hydrogens is 189 g/mol. The van der Waals surface area contributed by atoms with Gasteiger partial charge in [0.2, 0.25) is 0 Å². The van der Waals surface area contributed by atoms with Gasteiger partial charge < -0.3 is 0 Å². The molecule has 5 nitrogen and oxygen atoms in total. The van der Waals surface area contributed by atoms with Crippen LogP contribution in [0, 0.1) is 0 Å². The van der Waals surface area contributed by atoms with Crippen molar-refractivity contribution >= 4 is 5.91 Å². The van der Waals surface area contributed by atoms with E-state index in [0.29, 0.717) is 0 Å². The van der Waals surface area contributed by atoms with Gasteiger partial charge in [-0.3, -0.25) is 15.3 Å². The molecule has 8 heteroatoms. The Morgan fingerprint density at radius 3 is 2.69 bits per heavy atom. The molecule has 0 fully saturated rings. The SMILES string of the molecule is NNC(=O)c1cn[nH]c1C(F)(F)F. The number of hydrazine groups is 1. The maximum atomic E-state index is 12.1. The summed E-state index contributed by atoms with van der Waals surface area (Å²) in [7, 11) is 0. The molecule has 0 unspecified atom stereocenters. The Balaban J connectivity index is 3.10. The summed E-state index contributed by atoms with van der Waals surface area (Å²) < 4.78 is 36.3. The van der Waals surface area contributed by atoms with Crippen molar-refractivity contribution in [1.29, 1.82) is 0 Å². The van der Waals surface area contributed by atoms with Crippen molar-refractivity contribution in [3.05, 3.63) is 17.5 Å². The highest BCUT2D eigenvalue weighted by molar-refractivity contribution is 5.94. The number of hydrogen-bond donors (Lipinski definition) is 3. The van der Waals surface area contributed by atoms with Gasteiger partial charge in [0, 0.05) is 0 Å². The lowest BCUT2D eigenvalue weighted by Gasteiger charge is -2.04. The van der Waals surface area contributed by atoms with Crippen LogP contribution in [0.4, 0.5) is 13.2 Å². The summed E-state index contributed by atoms with van der Waals surface area (Å²) in [5, 5.41) is 4.77. The van der Waals surface area contributed by atoms with Crippen LogP contribution < -0.4 is 11.3 Å². The number of aromatic amines is 1. The van der Waals surface area contributed by atoms with Crippen LogP contribution in [0.2, 0.25) is 0 Å². The molecular formula is C5H5F3N4O. The number of hydrogen-bond acceptors (Lipinski definition) is 3. The minimum Gasteiger partial charge on any atom is -0.290 e. The van der Waals surface area contributed by atoms with Gasteiger partial charge in [0.25, 0.3) is 5.91 Å². The molecule has 72 valence electrons. The molecule has 0 aromatic carbocycles. The lowest BCUT2D eigenvalue weighted by molar-refractivity contribution is -0.141. The minimum absolute atomic E-state index is 0.630. The zero-order valence-electron chi connectivity index (χ0n) is 6.14. The van der Waals surface area contributed by atoms with Gasteiger partial charge in [0.15, 0.2) is 5.69 Å². The summed E-state index contributed by atoms with van der Waals surface area (Å²) in [6.07, 6.45) is -3.89. The largest absolute Gasteiger partial charge is 0.433 e. The summed E-state index contributed by atoms with van der Waals surface area (Å²) >= 11 is 0. The van der Waals surface area contributed by atoms with Crippen molar-refractivity contribution in [2.45, 2.75) is 6.18 Å². The van der Waals surface area contributed by atoms with Gasteiger partial charge in [-0.2, -0.15) is 18.3 Å². The molecule has 4 N–H and O–H groups in total. The molecule has 0 aliphatic heterocycles. The predicted octanol–water partition coefficient (Wildman–Crippen LogP) is 0.0320. The van der Waals surface area contributed by atoms with Crippen molar-refractivity contribution < 1.29 is 18.0 Å². The first-order chi connectivity index (χ1) is 5.96. The molecule has 1 aromatic rings. The van der Waals surface area contributed by atoms with Gasteiger partial charge in [0.05, 0.1) is 11.8 Å². The number of nitrogen functional groups attached to an aromatic ring is 1. The molecule has 0 aliphatic rings. The van der Waals surface area contributed by atoms with Crippen LogP contribution in [-0.4, -0.2) is 16.1 Å². The number of nitrogens with zero attached hydrogens (tertiary/aromatic N) is 1. The molecule has 1 heterocycles. The second kappa shape index (κ2) is 3.05. The zero-order chi connectivity index (χ0) is 10.1. The van der Waals surface area contributed by atoms with Crippen LogP contribution in [0.3, 0.4) is 0 Å². The predicted molar refractivity (Wildman–Crippen MR) is 35.2 cm³/mol. The van der Waals surface area contributed by atoms with Crippen molar-refractivity contribution in [1.82, 2.24) is 15.6 Å². The van der Waals surface area contributed by atoms with Crippen molar-refractivity contribution in [2.75, 3.05) is 0 Å². The number of carbonyl (C=O) groups excluding carboxylic acids is 1. The first-order valence-electron chi connectivity index (χ1n) is 3.08. The smallest absolute Gasteiger partial charge is 0.290 e. The van der Waals surface area contributed by atoms with Gasteiger partial charge in [-0.05, 0) is 0 Å². The van der Waals surface area contributed by atoms with Gasteiger partial charge >= 0.3 is 6.18 Å². The quantitative estimate of drug-likeness (QED) is 0.335. The fraction of sp³-hybridized carbons (Fsp3) is 0.200. The molecule has 0 atom stereocenters. The molecule has 1 rings (SSSR count).